The second-order valence-corrected chi connectivity index (χ2v) is 5.81. The van der Waals surface area contributed by atoms with Gasteiger partial charge in [-0.05, 0) is 42.5 Å². The van der Waals surface area contributed by atoms with Gasteiger partial charge in [0.2, 0.25) is 0 Å². The number of amides is 1. The maximum Gasteiger partial charge on any atom is 0.266 e. The summed E-state index contributed by atoms with van der Waals surface area (Å²) in [4.78, 5) is 19.5. The monoisotopic (exact) mass is 308 g/mol. The fraction of sp³-hybridized carbons (Fsp3) is 0.111. The lowest BCUT2D eigenvalue weighted by Gasteiger charge is -2.11. The Labute approximate surface area is 134 Å². The Kier molecular flexibility index (Phi) is 4.39. The predicted octanol–water partition coefficient (Wildman–Crippen LogP) is 4.31. The summed E-state index contributed by atoms with van der Waals surface area (Å²) in [5, 5.41) is 0.737. The van der Waals surface area contributed by atoms with Crippen LogP contribution < -0.4 is 0 Å². The SMILES string of the molecule is CCN1C(=O)/C(=C/c2ccccc2)S/C1=N/c1ccccc1. The molecule has 0 saturated carbocycles. The van der Waals surface area contributed by atoms with E-state index >= 15 is 0 Å². The molecule has 22 heavy (non-hydrogen) atoms. The lowest BCUT2D eigenvalue weighted by molar-refractivity contribution is -0.122. The molecule has 1 saturated heterocycles. The Morgan fingerprint density at radius 2 is 1.68 bits per heavy atom. The molecule has 0 bridgehead atoms. The van der Waals surface area contributed by atoms with Crippen molar-refractivity contribution in [3.63, 3.8) is 0 Å². The largest absolute Gasteiger partial charge is 0.287 e. The highest BCUT2D eigenvalue weighted by Gasteiger charge is 2.32. The molecular weight excluding hydrogens is 292 g/mol. The van der Waals surface area contributed by atoms with Gasteiger partial charge >= 0.3 is 0 Å². The molecule has 0 N–H and O–H groups in total. The summed E-state index contributed by atoms with van der Waals surface area (Å²) in [6, 6.07) is 19.6. The normalized spacial score (nSPS) is 18.4. The molecule has 1 aliphatic rings. The van der Waals surface area contributed by atoms with E-state index in [9.17, 15) is 4.79 Å². The molecule has 0 spiro atoms. The molecule has 0 radical (unpaired) electrons. The number of carbonyl (C=O) groups is 1. The third kappa shape index (κ3) is 3.12. The molecule has 0 unspecified atom stereocenters. The summed E-state index contributed by atoms with van der Waals surface area (Å²) in [6.07, 6.45) is 1.92. The van der Waals surface area contributed by atoms with Crippen molar-refractivity contribution in [2.75, 3.05) is 6.54 Å². The van der Waals surface area contributed by atoms with Crippen LogP contribution in [0.1, 0.15) is 12.5 Å². The van der Waals surface area contributed by atoms with Gasteiger partial charge in [-0.2, -0.15) is 0 Å². The highest BCUT2D eigenvalue weighted by molar-refractivity contribution is 8.18. The predicted molar refractivity (Wildman–Crippen MR) is 92.9 cm³/mol. The minimum Gasteiger partial charge on any atom is -0.287 e. The van der Waals surface area contributed by atoms with Crippen LogP contribution in [0.15, 0.2) is 70.6 Å². The van der Waals surface area contributed by atoms with Crippen LogP contribution in [0.5, 0.6) is 0 Å². The van der Waals surface area contributed by atoms with E-state index < -0.39 is 0 Å². The number of nitrogens with zero attached hydrogens (tertiary/aromatic N) is 2. The van der Waals surface area contributed by atoms with Gasteiger partial charge in [0, 0.05) is 6.54 Å². The van der Waals surface area contributed by atoms with Crippen LogP contribution in [0.3, 0.4) is 0 Å². The average molecular weight is 308 g/mol. The van der Waals surface area contributed by atoms with Crippen molar-refractivity contribution < 1.29 is 4.79 Å². The van der Waals surface area contributed by atoms with Crippen molar-refractivity contribution in [2.45, 2.75) is 6.92 Å². The zero-order valence-corrected chi connectivity index (χ0v) is 13.1. The minimum absolute atomic E-state index is 0.0195. The Morgan fingerprint density at radius 1 is 1.05 bits per heavy atom. The molecule has 1 heterocycles. The average Bonchev–Trinajstić information content (AvgIpc) is 2.84. The molecule has 0 atom stereocenters. The van der Waals surface area contributed by atoms with E-state index in [4.69, 9.17) is 0 Å². The Balaban J connectivity index is 1.92. The van der Waals surface area contributed by atoms with Crippen LogP contribution in [0.25, 0.3) is 6.08 Å². The molecule has 2 aromatic carbocycles. The number of thioether (sulfide) groups is 1. The number of aliphatic imine (C=N–C) groups is 1. The molecule has 0 aromatic heterocycles. The van der Waals surface area contributed by atoms with Gasteiger partial charge in [0.15, 0.2) is 5.17 Å². The van der Waals surface area contributed by atoms with E-state index in [1.54, 1.807) is 4.90 Å². The van der Waals surface area contributed by atoms with Crippen molar-refractivity contribution in [1.82, 2.24) is 4.90 Å². The van der Waals surface area contributed by atoms with Gasteiger partial charge in [-0.1, -0.05) is 48.5 Å². The third-order valence-corrected chi connectivity index (χ3v) is 4.29. The summed E-state index contributed by atoms with van der Waals surface area (Å²) in [7, 11) is 0. The number of hydrogen-bond donors (Lipinski definition) is 0. The highest BCUT2D eigenvalue weighted by Crippen LogP contribution is 2.33. The molecular formula is C18H16N2OS. The molecule has 1 aliphatic heterocycles. The fourth-order valence-corrected chi connectivity index (χ4v) is 3.25. The highest BCUT2D eigenvalue weighted by atomic mass is 32.2. The molecule has 1 amide bonds. The summed E-state index contributed by atoms with van der Waals surface area (Å²) < 4.78 is 0. The van der Waals surface area contributed by atoms with Gasteiger partial charge in [-0.15, -0.1) is 0 Å². The van der Waals surface area contributed by atoms with Crippen molar-refractivity contribution in [3.05, 3.63) is 71.1 Å². The molecule has 1 fully saturated rings. The van der Waals surface area contributed by atoms with Crippen LogP contribution in [-0.4, -0.2) is 22.5 Å². The second-order valence-electron chi connectivity index (χ2n) is 4.80. The van der Waals surface area contributed by atoms with Crippen molar-refractivity contribution in [1.29, 1.82) is 0 Å². The molecule has 3 nitrogen and oxygen atoms in total. The number of benzene rings is 2. The Morgan fingerprint density at radius 3 is 2.32 bits per heavy atom. The number of likely N-dealkylation sites (N-methyl/N-ethyl adjacent to an activating group) is 1. The molecule has 110 valence electrons. The fourth-order valence-electron chi connectivity index (χ4n) is 2.18. The molecule has 4 heteroatoms. The van der Waals surface area contributed by atoms with Crippen molar-refractivity contribution in [2.24, 2.45) is 4.99 Å². The molecule has 2 aromatic rings. The molecule has 0 aliphatic carbocycles. The number of carbonyl (C=O) groups excluding carboxylic acids is 1. The first-order valence-corrected chi connectivity index (χ1v) is 8.00. The van der Waals surface area contributed by atoms with E-state index in [0.717, 1.165) is 16.4 Å². The maximum absolute atomic E-state index is 12.5. The maximum atomic E-state index is 12.5. The smallest absolute Gasteiger partial charge is 0.266 e. The van der Waals surface area contributed by atoms with Crippen LogP contribution >= 0.6 is 11.8 Å². The topological polar surface area (TPSA) is 32.7 Å². The minimum atomic E-state index is 0.0195. The zero-order valence-electron chi connectivity index (χ0n) is 12.3. The third-order valence-electron chi connectivity index (χ3n) is 3.28. The quantitative estimate of drug-likeness (QED) is 0.791. The van der Waals surface area contributed by atoms with Gasteiger partial charge < -0.3 is 0 Å². The van der Waals surface area contributed by atoms with Gasteiger partial charge in [0.1, 0.15) is 0 Å². The van der Waals surface area contributed by atoms with Crippen LogP contribution in [0.4, 0.5) is 5.69 Å². The van der Waals surface area contributed by atoms with E-state index in [2.05, 4.69) is 4.99 Å². The van der Waals surface area contributed by atoms with Gasteiger partial charge in [-0.3, -0.25) is 9.69 Å². The summed E-state index contributed by atoms with van der Waals surface area (Å²) >= 11 is 1.43. The standard InChI is InChI=1S/C18H16N2OS/c1-2-20-17(21)16(13-14-9-5-3-6-10-14)22-18(20)19-15-11-7-4-8-12-15/h3-13H,2H2,1H3/b16-13-,19-18+. The van der Waals surface area contributed by atoms with Gasteiger partial charge in [0.25, 0.3) is 5.91 Å². The van der Waals surface area contributed by atoms with E-state index in [-0.39, 0.29) is 5.91 Å². The van der Waals surface area contributed by atoms with E-state index in [1.165, 1.54) is 11.8 Å². The van der Waals surface area contributed by atoms with E-state index in [1.807, 2.05) is 73.7 Å². The van der Waals surface area contributed by atoms with Crippen molar-refractivity contribution >= 4 is 34.6 Å². The number of rotatable bonds is 3. The lowest BCUT2D eigenvalue weighted by Crippen LogP contribution is -2.28. The first-order valence-electron chi connectivity index (χ1n) is 7.18. The number of hydrogen-bond acceptors (Lipinski definition) is 3. The zero-order chi connectivity index (χ0) is 15.4. The Bertz CT molecular complexity index is 723. The second kappa shape index (κ2) is 6.62. The van der Waals surface area contributed by atoms with Gasteiger partial charge in [-0.25, -0.2) is 4.99 Å². The summed E-state index contributed by atoms with van der Waals surface area (Å²) in [5.74, 6) is 0.0195. The summed E-state index contributed by atoms with van der Waals surface area (Å²) in [6.45, 7) is 2.58. The number of amidine groups is 1. The van der Waals surface area contributed by atoms with Crippen LogP contribution in [-0.2, 0) is 4.79 Å². The van der Waals surface area contributed by atoms with Crippen LogP contribution in [0.2, 0.25) is 0 Å². The number of para-hydroxylation sites is 1. The first-order chi connectivity index (χ1) is 10.8. The van der Waals surface area contributed by atoms with Gasteiger partial charge in [0.05, 0.1) is 10.6 Å². The van der Waals surface area contributed by atoms with Crippen molar-refractivity contribution in [3.8, 4) is 0 Å². The first kappa shape index (κ1) is 14.6. The molecule has 3 rings (SSSR count). The van der Waals surface area contributed by atoms with E-state index in [0.29, 0.717) is 11.4 Å². The van der Waals surface area contributed by atoms with Crippen LogP contribution in [0, 0.1) is 0 Å². The Hall–Kier alpha value is -2.33. The summed E-state index contributed by atoms with van der Waals surface area (Å²) in [5.41, 5.74) is 1.88. The lowest BCUT2D eigenvalue weighted by atomic mass is 10.2.